The van der Waals surface area contributed by atoms with Crippen molar-refractivity contribution in [1.82, 2.24) is 5.32 Å². The number of fused-ring (bicyclic) bond motifs is 1. The van der Waals surface area contributed by atoms with E-state index in [9.17, 15) is 9.59 Å². The van der Waals surface area contributed by atoms with Crippen LogP contribution in [-0.2, 0) is 22.4 Å². The largest absolute Gasteiger partial charge is 0.480 e. The standard InChI is InChI=1S/C16H17NO3S/c1-2-4-14(16(19)20)17-15(18)10-21-13-8-7-11-5-3-6-12(11)9-13/h1,7-9,14H,3-6,10H2,(H,17,18)(H,19,20). The number of nitrogens with one attached hydrogen (secondary N) is 1. The van der Waals surface area contributed by atoms with Crippen LogP contribution in [0.3, 0.4) is 0 Å². The fourth-order valence-electron chi connectivity index (χ4n) is 2.34. The molecule has 0 radical (unpaired) electrons. The van der Waals surface area contributed by atoms with E-state index in [0.29, 0.717) is 0 Å². The minimum Gasteiger partial charge on any atom is -0.480 e. The second-order valence-corrected chi connectivity index (χ2v) is 5.99. The smallest absolute Gasteiger partial charge is 0.327 e. The summed E-state index contributed by atoms with van der Waals surface area (Å²) in [5, 5.41) is 11.4. The van der Waals surface area contributed by atoms with Crippen molar-refractivity contribution in [3.8, 4) is 12.3 Å². The number of carbonyl (C=O) groups excluding carboxylic acids is 1. The van der Waals surface area contributed by atoms with E-state index in [1.165, 1.54) is 29.3 Å². The van der Waals surface area contributed by atoms with E-state index in [1.54, 1.807) is 0 Å². The molecule has 1 unspecified atom stereocenters. The molecule has 0 aliphatic heterocycles. The third-order valence-electron chi connectivity index (χ3n) is 3.40. The molecule has 4 nitrogen and oxygen atoms in total. The summed E-state index contributed by atoms with van der Waals surface area (Å²) in [7, 11) is 0. The Labute approximate surface area is 128 Å². The van der Waals surface area contributed by atoms with Crippen LogP contribution in [0.25, 0.3) is 0 Å². The van der Waals surface area contributed by atoms with Gasteiger partial charge in [0.2, 0.25) is 5.91 Å². The van der Waals surface area contributed by atoms with E-state index >= 15 is 0 Å². The Balaban J connectivity index is 1.86. The maximum Gasteiger partial charge on any atom is 0.327 e. The molecule has 1 aromatic rings. The number of carboxylic acid groups (broad SMARTS) is 1. The molecule has 1 aliphatic rings. The Bertz CT molecular complexity index is 592. The van der Waals surface area contributed by atoms with Gasteiger partial charge in [-0.05, 0) is 42.5 Å². The summed E-state index contributed by atoms with van der Waals surface area (Å²) in [6, 6.07) is 5.23. The van der Waals surface area contributed by atoms with Gasteiger partial charge in [0, 0.05) is 11.3 Å². The molecule has 1 aromatic carbocycles. The predicted octanol–water partition coefficient (Wildman–Crippen LogP) is 1.86. The third kappa shape index (κ3) is 4.27. The first kappa shape index (κ1) is 15.5. The number of rotatable bonds is 6. The predicted molar refractivity (Wildman–Crippen MR) is 82.2 cm³/mol. The number of carboxylic acids is 1. The van der Waals surface area contributed by atoms with E-state index in [-0.39, 0.29) is 18.1 Å². The minimum absolute atomic E-state index is 0.00934. The Morgan fingerprint density at radius 2 is 2.14 bits per heavy atom. The third-order valence-corrected chi connectivity index (χ3v) is 4.39. The summed E-state index contributed by atoms with van der Waals surface area (Å²) in [4.78, 5) is 23.7. The van der Waals surface area contributed by atoms with E-state index in [0.717, 1.165) is 17.7 Å². The van der Waals surface area contributed by atoms with E-state index < -0.39 is 12.0 Å². The second-order valence-electron chi connectivity index (χ2n) is 4.94. The molecule has 2 rings (SSSR count). The van der Waals surface area contributed by atoms with Gasteiger partial charge in [-0.25, -0.2) is 4.79 Å². The quantitative estimate of drug-likeness (QED) is 0.622. The number of aryl methyl sites for hydroxylation is 2. The molecule has 0 bridgehead atoms. The highest BCUT2D eigenvalue weighted by Gasteiger charge is 2.18. The van der Waals surface area contributed by atoms with Crippen molar-refractivity contribution < 1.29 is 14.7 Å². The second kappa shape index (κ2) is 7.19. The first-order chi connectivity index (χ1) is 10.1. The van der Waals surface area contributed by atoms with Crippen LogP contribution >= 0.6 is 11.8 Å². The fourth-order valence-corrected chi connectivity index (χ4v) is 3.11. The van der Waals surface area contributed by atoms with Gasteiger partial charge in [0.05, 0.1) is 5.75 Å². The Hall–Kier alpha value is -1.93. The first-order valence-electron chi connectivity index (χ1n) is 6.80. The van der Waals surface area contributed by atoms with Gasteiger partial charge in [0.25, 0.3) is 0 Å². The van der Waals surface area contributed by atoms with Gasteiger partial charge < -0.3 is 10.4 Å². The average Bonchev–Trinajstić information content (AvgIpc) is 2.92. The number of aliphatic carboxylic acids is 1. The summed E-state index contributed by atoms with van der Waals surface area (Å²) in [5.74, 6) is 1.02. The molecule has 0 saturated heterocycles. The molecule has 0 spiro atoms. The molecule has 1 aliphatic carbocycles. The minimum atomic E-state index is -1.11. The number of hydrogen-bond donors (Lipinski definition) is 2. The molecule has 2 N–H and O–H groups in total. The van der Waals surface area contributed by atoms with Crippen LogP contribution < -0.4 is 5.32 Å². The highest BCUT2D eigenvalue weighted by molar-refractivity contribution is 8.00. The highest BCUT2D eigenvalue weighted by atomic mass is 32.2. The first-order valence-corrected chi connectivity index (χ1v) is 7.79. The van der Waals surface area contributed by atoms with Crippen LogP contribution in [0.4, 0.5) is 0 Å². The van der Waals surface area contributed by atoms with Crippen molar-refractivity contribution in [3.63, 3.8) is 0 Å². The van der Waals surface area contributed by atoms with Crippen molar-refractivity contribution in [2.45, 2.75) is 36.6 Å². The zero-order valence-corrected chi connectivity index (χ0v) is 12.4. The molecule has 1 amide bonds. The molecule has 21 heavy (non-hydrogen) atoms. The van der Waals surface area contributed by atoms with Gasteiger partial charge >= 0.3 is 5.97 Å². The van der Waals surface area contributed by atoms with Crippen molar-refractivity contribution in [2.75, 3.05) is 5.75 Å². The van der Waals surface area contributed by atoms with Crippen LogP contribution in [0.1, 0.15) is 24.0 Å². The lowest BCUT2D eigenvalue weighted by molar-refractivity contribution is -0.141. The van der Waals surface area contributed by atoms with Crippen molar-refractivity contribution in [2.24, 2.45) is 0 Å². The maximum absolute atomic E-state index is 11.8. The molecular formula is C16H17NO3S. The monoisotopic (exact) mass is 303 g/mol. The molecule has 110 valence electrons. The number of amides is 1. The molecular weight excluding hydrogens is 286 g/mol. The molecule has 0 saturated carbocycles. The zero-order valence-electron chi connectivity index (χ0n) is 11.6. The lowest BCUT2D eigenvalue weighted by Crippen LogP contribution is -2.41. The van der Waals surface area contributed by atoms with Crippen LogP contribution in [0.2, 0.25) is 0 Å². The van der Waals surface area contributed by atoms with Crippen molar-refractivity contribution >= 4 is 23.6 Å². The number of benzene rings is 1. The molecule has 0 fully saturated rings. The summed E-state index contributed by atoms with van der Waals surface area (Å²) >= 11 is 1.41. The summed E-state index contributed by atoms with van der Waals surface area (Å²) in [6.45, 7) is 0. The van der Waals surface area contributed by atoms with Crippen LogP contribution in [-0.4, -0.2) is 28.8 Å². The Morgan fingerprint density at radius 3 is 2.86 bits per heavy atom. The lowest BCUT2D eigenvalue weighted by Gasteiger charge is -2.11. The van der Waals surface area contributed by atoms with E-state index in [4.69, 9.17) is 11.5 Å². The number of terminal acetylenes is 1. The number of hydrogen-bond acceptors (Lipinski definition) is 3. The van der Waals surface area contributed by atoms with Gasteiger partial charge in [0.15, 0.2) is 0 Å². The van der Waals surface area contributed by atoms with Gasteiger partial charge in [0.1, 0.15) is 6.04 Å². The van der Waals surface area contributed by atoms with E-state index in [2.05, 4.69) is 23.4 Å². The topological polar surface area (TPSA) is 66.4 Å². The van der Waals surface area contributed by atoms with Crippen molar-refractivity contribution in [1.29, 1.82) is 0 Å². The Kier molecular flexibility index (Phi) is 5.29. The number of thioether (sulfide) groups is 1. The lowest BCUT2D eigenvalue weighted by atomic mass is 10.1. The van der Waals surface area contributed by atoms with Gasteiger partial charge in [-0.15, -0.1) is 24.1 Å². The maximum atomic E-state index is 11.8. The number of carbonyl (C=O) groups is 2. The Morgan fingerprint density at radius 1 is 1.38 bits per heavy atom. The fraction of sp³-hybridized carbons (Fsp3) is 0.375. The normalized spacial score (nSPS) is 14.0. The SMILES string of the molecule is C#CCC(NC(=O)CSc1ccc2c(c1)CCC2)C(=O)O. The van der Waals surface area contributed by atoms with Crippen LogP contribution in [0, 0.1) is 12.3 Å². The molecule has 5 heteroatoms. The molecule has 0 aromatic heterocycles. The van der Waals surface area contributed by atoms with Gasteiger partial charge in [-0.2, -0.15) is 0 Å². The van der Waals surface area contributed by atoms with E-state index in [1.807, 2.05) is 6.07 Å². The highest BCUT2D eigenvalue weighted by Crippen LogP contribution is 2.27. The van der Waals surface area contributed by atoms with Crippen LogP contribution in [0.15, 0.2) is 23.1 Å². The zero-order chi connectivity index (χ0) is 15.2. The van der Waals surface area contributed by atoms with Crippen molar-refractivity contribution in [3.05, 3.63) is 29.3 Å². The summed E-state index contributed by atoms with van der Waals surface area (Å²) in [6.07, 6.45) is 8.50. The molecule has 1 atom stereocenters. The summed E-state index contributed by atoms with van der Waals surface area (Å²) in [5.41, 5.74) is 2.75. The van der Waals surface area contributed by atoms with Gasteiger partial charge in [-0.1, -0.05) is 6.07 Å². The van der Waals surface area contributed by atoms with Crippen LogP contribution in [0.5, 0.6) is 0 Å². The summed E-state index contributed by atoms with van der Waals surface area (Å²) < 4.78 is 0. The van der Waals surface area contributed by atoms with Gasteiger partial charge in [-0.3, -0.25) is 4.79 Å². The average molecular weight is 303 g/mol. The molecule has 0 heterocycles.